The Morgan fingerprint density at radius 1 is 0.514 bits per heavy atom. The molecule has 8 rings (SSSR count). The largest absolute Gasteiger partial charge is 0.310 e. The lowest BCUT2D eigenvalue weighted by Crippen LogP contribution is -2.44. The van der Waals surface area contributed by atoms with Gasteiger partial charge in [0.05, 0.1) is 5.69 Å². The molecule has 0 atom stereocenters. The van der Waals surface area contributed by atoms with Crippen molar-refractivity contribution in [1.82, 2.24) is 0 Å². The van der Waals surface area contributed by atoms with Gasteiger partial charge < -0.3 is 4.90 Å². The van der Waals surface area contributed by atoms with E-state index in [9.17, 15) is 0 Å². The van der Waals surface area contributed by atoms with E-state index in [4.69, 9.17) is 0 Å². The molecule has 1 saturated carbocycles. The molecule has 0 aromatic heterocycles. The van der Waals surface area contributed by atoms with E-state index in [0.717, 1.165) is 11.4 Å². The van der Waals surface area contributed by atoms with Crippen molar-refractivity contribution >= 4 is 27.8 Å². The average molecular weight is 480 g/mol. The lowest BCUT2D eigenvalue weighted by Gasteiger charge is -2.52. The molecule has 5 aromatic carbocycles. The summed E-state index contributed by atoms with van der Waals surface area (Å²) in [4.78, 5) is 2.37. The zero-order valence-corrected chi connectivity index (χ0v) is 21.7. The maximum Gasteiger partial charge on any atom is 0.0540 e. The molecule has 5 aromatic rings. The van der Waals surface area contributed by atoms with Gasteiger partial charge in [0.15, 0.2) is 0 Å². The molecule has 2 bridgehead atoms. The molecular weight excluding hydrogens is 446 g/mol. The normalized spacial score (nSPS) is 22.1. The summed E-state index contributed by atoms with van der Waals surface area (Å²) in [6.07, 6.45) is 5.26. The highest BCUT2D eigenvalue weighted by atomic mass is 15.1. The summed E-state index contributed by atoms with van der Waals surface area (Å²) < 4.78 is 0. The summed E-state index contributed by atoms with van der Waals surface area (Å²) in [5, 5.41) is 2.57. The number of fused-ring (bicyclic) bond motifs is 3. The first kappa shape index (κ1) is 22.4. The number of rotatable bonds is 4. The molecule has 0 radical (unpaired) electrons. The van der Waals surface area contributed by atoms with Gasteiger partial charge in [0.25, 0.3) is 0 Å². The zero-order chi connectivity index (χ0) is 25.0. The first-order valence-corrected chi connectivity index (χ1v) is 13.6. The topological polar surface area (TPSA) is 3.24 Å². The van der Waals surface area contributed by atoms with Crippen molar-refractivity contribution in [3.8, 4) is 11.1 Å². The molecule has 0 N–H and O–H groups in total. The fraction of sp³-hybridized carbons (Fsp3) is 0.222. The van der Waals surface area contributed by atoms with Crippen LogP contribution in [0.1, 0.15) is 50.7 Å². The predicted molar refractivity (Wildman–Crippen MR) is 157 cm³/mol. The Hall–Kier alpha value is -3.84. The molecule has 0 spiro atoms. The summed E-state index contributed by atoms with van der Waals surface area (Å²) in [5.41, 5.74) is 10.0. The van der Waals surface area contributed by atoms with E-state index in [2.05, 4.69) is 134 Å². The van der Waals surface area contributed by atoms with Crippen LogP contribution in [0, 0.1) is 0 Å². The van der Waals surface area contributed by atoms with Crippen LogP contribution in [0.2, 0.25) is 0 Å². The van der Waals surface area contributed by atoms with Gasteiger partial charge >= 0.3 is 0 Å². The van der Waals surface area contributed by atoms with Gasteiger partial charge in [-0.2, -0.15) is 0 Å². The van der Waals surface area contributed by atoms with E-state index in [1.165, 1.54) is 53.3 Å². The third-order valence-corrected chi connectivity index (χ3v) is 9.26. The molecule has 3 aliphatic carbocycles. The van der Waals surface area contributed by atoms with Crippen molar-refractivity contribution in [2.24, 2.45) is 0 Å². The van der Waals surface area contributed by atoms with Crippen LogP contribution in [0.15, 0.2) is 115 Å². The third-order valence-electron chi connectivity index (χ3n) is 9.26. The number of hydrogen-bond donors (Lipinski definition) is 0. The van der Waals surface area contributed by atoms with E-state index >= 15 is 0 Å². The molecule has 1 heteroatoms. The van der Waals surface area contributed by atoms with Gasteiger partial charge in [0.2, 0.25) is 0 Å². The minimum atomic E-state index is 0.316. The Balaban J connectivity index is 1.42. The van der Waals surface area contributed by atoms with Crippen LogP contribution in [-0.4, -0.2) is 0 Å². The first-order valence-electron chi connectivity index (χ1n) is 13.6. The Morgan fingerprint density at radius 2 is 1.05 bits per heavy atom. The number of anilines is 3. The maximum absolute atomic E-state index is 2.53. The molecule has 0 heterocycles. The van der Waals surface area contributed by atoms with E-state index in [0.29, 0.717) is 10.8 Å². The van der Waals surface area contributed by atoms with Crippen LogP contribution in [0.4, 0.5) is 17.1 Å². The van der Waals surface area contributed by atoms with Crippen LogP contribution < -0.4 is 4.90 Å². The summed E-state index contributed by atoms with van der Waals surface area (Å²) in [5.74, 6) is 0. The van der Waals surface area contributed by atoms with Crippen LogP contribution in [0.3, 0.4) is 0 Å². The second kappa shape index (κ2) is 8.35. The van der Waals surface area contributed by atoms with E-state index in [-0.39, 0.29) is 0 Å². The highest BCUT2D eigenvalue weighted by Gasteiger charge is 2.47. The van der Waals surface area contributed by atoms with Crippen molar-refractivity contribution in [2.45, 2.75) is 50.4 Å². The predicted octanol–water partition coefficient (Wildman–Crippen LogP) is 10.1. The Bertz CT molecular complexity index is 1550. The van der Waals surface area contributed by atoms with Crippen molar-refractivity contribution in [3.63, 3.8) is 0 Å². The number of hydrogen-bond acceptors (Lipinski definition) is 1. The molecule has 0 saturated heterocycles. The van der Waals surface area contributed by atoms with Gasteiger partial charge in [-0.3, -0.25) is 0 Å². The van der Waals surface area contributed by atoms with Crippen molar-refractivity contribution in [1.29, 1.82) is 0 Å². The Labute approximate surface area is 220 Å². The highest BCUT2D eigenvalue weighted by Crippen LogP contribution is 2.57. The number of para-hydroxylation sites is 2. The average Bonchev–Trinajstić information content (AvgIpc) is 2.95. The monoisotopic (exact) mass is 479 g/mol. The fourth-order valence-corrected chi connectivity index (χ4v) is 6.94. The fourth-order valence-electron chi connectivity index (χ4n) is 6.94. The molecule has 0 amide bonds. The lowest BCUT2D eigenvalue weighted by atomic mass is 9.52. The van der Waals surface area contributed by atoms with Crippen LogP contribution >= 0.6 is 0 Å². The van der Waals surface area contributed by atoms with Gasteiger partial charge in [-0.15, -0.1) is 0 Å². The Morgan fingerprint density at radius 3 is 1.68 bits per heavy atom. The van der Waals surface area contributed by atoms with Gasteiger partial charge in [0, 0.05) is 16.8 Å². The molecule has 0 aliphatic heterocycles. The molecule has 1 nitrogen and oxygen atoms in total. The summed E-state index contributed by atoms with van der Waals surface area (Å²) in [7, 11) is 0. The molecule has 37 heavy (non-hydrogen) atoms. The third kappa shape index (κ3) is 3.52. The van der Waals surface area contributed by atoms with Gasteiger partial charge in [-0.25, -0.2) is 0 Å². The standard InChI is InChI=1S/C36H33N/c1-35-21-23-36(2,24-22-35)33-25-26(17-19-32(33)35)29-18-20-34(31-16-10-9-15-30(29)31)37(27-11-5-3-6-12-27)28-13-7-4-8-14-28/h3-20,25H,21-24H2,1-2H3. The number of benzene rings is 5. The Kier molecular flexibility index (Phi) is 5.05. The second-order valence-corrected chi connectivity index (χ2v) is 11.6. The molecular formula is C36H33N. The smallest absolute Gasteiger partial charge is 0.0540 e. The van der Waals surface area contributed by atoms with Crippen molar-refractivity contribution in [3.05, 3.63) is 126 Å². The maximum atomic E-state index is 2.53. The van der Waals surface area contributed by atoms with Gasteiger partial charge in [0.1, 0.15) is 0 Å². The van der Waals surface area contributed by atoms with E-state index in [1.54, 1.807) is 11.1 Å². The van der Waals surface area contributed by atoms with Crippen LogP contribution in [-0.2, 0) is 10.8 Å². The summed E-state index contributed by atoms with van der Waals surface area (Å²) in [6, 6.07) is 42.3. The molecule has 3 aliphatic rings. The highest BCUT2D eigenvalue weighted by molar-refractivity contribution is 6.06. The lowest BCUT2D eigenvalue weighted by molar-refractivity contribution is 0.188. The second-order valence-electron chi connectivity index (χ2n) is 11.6. The van der Waals surface area contributed by atoms with E-state index < -0.39 is 0 Å². The summed E-state index contributed by atoms with van der Waals surface area (Å²) in [6.45, 7) is 4.98. The minimum absolute atomic E-state index is 0.316. The van der Waals surface area contributed by atoms with Gasteiger partial charge in [-0.05, 0) is 94.5 Å². The van der Waals surface area contributed by atoms with Crippen molar-refractivity contribution in [2.75, 3.05) is 4.90 Å². The van der Waals surface area contributed by atoms with Crippen LogP contribution in [0.5, 0.6) is 0 Å². The minimum Gasteiger partial charge on any atom is -0.310 e. The molecule has 0 unspecified atom stereocenters. The zero-order valence-electron chi connectivity index (χ0n) is 21.7. The van der Waals surface area contributed by atoms with Crippen molar-refractivity contribution < 1.29 is 0 Å². The first-order chi connectivity index (χ1) is 18.1. The van der Waals surface area contributed by atoms with Crippen LogP contribution in [0.25, 0.3) is 21.9 Å². The number of nitrogens with zero attached hydrogens (tertiary/aromatic N) is 1. The molecule has 1 fully saturated rings. The van der Waals surface area contributed by atoms with E-state index in [1.807, 2.05) is 0 Å². The van der Waals surface area contributed by atoms with Gasteiger partial charge in [-0.1, -0.05) is 98.8 Å². The SMILES string of the molecule is CC12CCC(C)(CC1)c1cc(-c3ccc(N(c4ccccc4)c4ccccc4)c4ccccc34)ccc12. The molecule has 182 valence electrons. The summed E-state index contributed by atoms with van der Waals surface area (Å²) >= 11 is 0. The quantitative estimate of drug-likeness (QED) is 0.248.